The molecule has 0 fully saturated rings. The minimum atomic E-state index is -3.34. The van der Waals surface area contributed by atoms with Crippen LogP contribution < -0.4 is 9.70 Å². The molecule has 3 aromatic rings. The number of amides is 1. The molecule has 1 heterocycles. The van der Waals surface area contributed by atoms with Gasteiger partial charge in [-0.25, -0.2) is 8.42 Å². The molecule has 1 amide bonds. The molecule has 0 spiro atoms. The third-order valence-corrected chi connectivity index (χ3v) is 6.92. The van der Waals surface area contributed by atoms with Gasteiger partial charge in [0.25, 0.3) is 5.91 Å². The average Bonchev–Trinajstić information content (AvgIpc) is 3.05. The van der Waals surface area contributed by atoms with Crippen LogP contribution in [0.2, 0.25) is 0 Å². The number of rotatable bonds is 6. The number of aromatic nitrogens is 1. The number of fused-ring (bicyclic) bond motifs is 1. The van der Waals surface area contributed by atoms with E-state index in [1.807, 2.05) is 12.1 Å². The van der Waals surface area contributed by atoms with Crippen molar-refractivity contribution in [1.82, 2.24) is 4.57 Å². The van der Waals surface area contributed by atoms with Gasteiger partial charge in [0.2, 0.25) is 0 Å². The third kappa shape index (κ3) is 4.48. The van der Waals surface area contributed by atoms with Crippen LogP contribution in [0, 0.1) is 12.3 Å². The highest BCUT2D eigenvalue weighted by Gasteiger charge is 2.13. The summed E-state index contributed by atoms with van der Waals surface area (Å²) in [5, 5.41) is 0. The zero-order valence-corrected chi connectivity index (χ0v) is 18.8. The Kier molecular flexibility index (Phi) is 6.44. The average molecular weight is 442 g/mol. The maximum atomic E-state index is 12.8. The van der Waals surface area contributed by atoms with Crippen LogP contribution in [0.4, 0.5) is 5.69 Å². The molecule has 156 valence electrons. The largest absolute Gasteiger partial charge is 0.372 e. The fourth-order valence-corrected chi connectivity index (χ4v) is 4.96. The third-order valence-electron chi connectivity index (χ3n) is 4.77. The van der Waals surface area contributed by atoms with Crippen LogP contribution in [0.1, 0.15) is 24.2 Å². The highest BCUT2D eigenvalue weighted by atomic mass is 32.2. The molecule has 0 saturated carbocycles. The number of terminal acetylenes is 1. The number of hydrogen-bond acceptors (Lipinski definition) is 5. The summed E-state index contributed by atoms with van der Waals surface area (Å²) < 4.78 is 26.2. The van der Waals surface area contributed by atoms with E-state index in [-0.39, 0.29) is 17.3 Å². The minimum absolute atomic E-state index is 0.217. The Morgan fingerprint density at radius 2 is 1.83 bits per heavy atom. The quantitative estimate of drug-likeness (QED) is 0.550. The lowest BCUT2D eigenvalue weighted by atomic mass is 10.2. The van der Waals surface area contributed by atoms with Crippen molar-refractivity contribution < 1.29 is 13.2 Å². The summed E-state index contributed by atoms with van der Waals surface area (Å²) >= 11 is 1.24. The number of carbonyl (C=O) groups is 1. The van der Waals surface area contributed by atoms with E-state index in [1.54, 1.807) is 28.8 Å². The smallest absolute Gasteiger partial charge is 0.279 e. The van der Waals surface area contributed by atoms with E-state index in [0.717, 1.165) is 30.5 Å². The summed E-state index contributed by atoms with van der Waals surface area (Å²) in [5.41, 5.74) is 2.27. The molecule has 0 saturated heterocycles. The van der Waals surface area contributed by atoms with Crippen molar-refractivity contribution in [3.05, 3.63) is 52.8 Å². The molecule has 0 aliphatic rings. The van der Waals surface area contributed by atoms with Gasteiger partial charge in [0, 0.05) is 30.6 Å². The Morgan fingerprint density at radius 1 is 1.17 bits per heavy atom. The maximum absolute atomic E-state index is 12.8. The molecule has 8 heteroatoms. The number of thiazole rings is 1. The van der Waals surface area contributed by atoms with Gasteiger partial charge in [-0.1, -0.05) is 17.3 Å². The Morgan fingerprint density at radius 3 is 2.40 bits per heavy atom. The lowest BCUT2D eigenvalue weighted by Gasteiger charge is -2.20. The van der Waals surface area contributed by atoms with Gasteiger partial charge in [0.1, 0.15) is 0 Å². The molecule has 0 aliphatic carbocycles. The molecular weight excluding hydrogens is 418 g/mol. The SMILES string of the molecule is C#CCn1c(=NC(=O)c2ccc(N(CC)CC)cc2)sc2cc(S(C)(=O)=O)ccc21. The molecule has 0 aliphatic heterocycles. The Balaban J connectivity index is 2.05. The Labute approximate surface area is 180 Å². The van der Waals surface area contributed by atoms with Gasteiger partial charge in [0.05, 0.1) is 21.7 Å². The van der Waals surface area contributed by atoms with E-state index in [9.17, 15) is 13.2 Å². The number of carbonyl (C=O) groups excluding carboxylic acids is 1. The predicted octanol–water partition coefficient (Wildman–Crippen LogP) is 3.33. The van der Waals surface area contributed by atoms with Crippen LogP contribution in [0.5, 0.6) is 0 Å². The summed E-state index contributed by atoms with van der Waals surface area (Å²) in [5.74, 6) is 2.19. The Hall–Kier alpha value is -2.89. The fraction of sp³-hybridized carbons (Fsp3) is 0.273. The molecule has 0 N–H and O–H groups in total. The van der Waals surface area contributed by atoms with Crippen LogP contribution >= 0.6 is 11.3 Å². The number of hydrogen-bond donors (Lipinski definition) is 0. The number of nitrogens with zero attached hydrogens (tertiary/aromatic N) is 3. The minimum Gasteiger partial charge on any atom is -0.372 e. The second-order valence-corrected chi connectivity index (χ2v) is 9.74. The van der Waals surface area contributed by atoms with E-state index in [2.05, 4.69) is 29.7 Å². The first-order valence-electron chi connectivity index (χ1n) is 9.49. The highest BCUT2D eigenvalue weighted by molar-refractivity contribution is 7.90. The van der Waals surface area contributed by atoms with Gasteiger partial charge in [-0.2, -0.15) is 4.99 Å². The first kappa shape index (κ1) is 21.8. The van der Waals surface area contributed by atoms with Crippen LogP contribution in [0.3, 0.4) is 0 Å². The fourth-order valence-electron chi connectivity index (χ4n) is 3.17. The number of benzene rings is 2. The van der Waals surface area contributed by atoms with Crippen molar-refractivity contribution in [2.24, 2.45) is 4.99 Å². The van der Waals surface area contributed by atoms with Crippen molar-refractivity contribution in [3.8, 4) is 12.3 Å². The van der Waals surface area contributed by atoms with E-state index in [1.165, 1.54) is 17.4 Å². The van der Waals surface area contributed by atoms with Crippen molar-refractivity contribution in [3.63, 3.8) is 0 Å². The lowest BCUT2D eigenvalue weighted by molar-refractivity contribution is 0.0998. The van der Waals surface area contributed by atoms with E-state index >= 15 is 0 Å². The van der Waals surface area contributed by atoms with Gasteiger partial charge in [-0.3, -0.25) is 4.79 Å². The molecule has 2 aromatic carbocycles. The standard InChI is InChI=1S/C22H23N3O3S2/c1-5-14-25-19-13-12-18(30(4,27)28)15-20(19)29-22(25)23-21(26)16-8-10-17(11-9-16)24(6-2)7-3/h1,8-13,15H,6-7,14H2,2-4H3. The summed E-state index contributed by atoms with van der Waals surface area (Å²) in [7, 11) is -3.34. The van der Waals surface area contributed by atoms with Crippen LogP contribution in [-0.4, -0.2) is 38.2 Å². The van der Waals surface area contributed by atoms with E-state index in [0.29, 0.717) is 15.1 Å². The van der Waals surface area contributed by atoms with Crippen molar-refractivity contribution in [2.75, 3.05) is 24.2 Å². The van der Waals surface area contributed by atoms with Crippen molar-refractivity contribution >= 4 is 43.0 Å². The maximum Gasteiger partial charge on any atom is 0.279 e. The molecular formula is C22H23N3O3S2. The van der Waals surface area contributed by atoms with Crippen LogP contribution in [0.25, 0.3) is 10.2 Å². The zero-order chi connectivity index (χ0) is 21.9. The van der Waals surface area contributed by atoms with Gasteiger partial charge >= 0.3 is 0 Å². The molecule has 1 aromatic heterocycles. The molecule has 3 rings (SSSR count). The molecule has 6 nitrogen and oxygen atoms in total. The van der Waals surface area contributed by atoms with Gasteiger partial charge in [0.15, 0.2) is 14.6 Å². The van der Waals surface area contributed by atoms with E-state index in [4.69, 9.17) is 6.42 Å². The summed E-state index contributed by atoms with van der Waals surface area (Å²) in [6, 6.07) is 12.2. The monoisotopic (exact) mass is 441 g/mol. The molecule has 0 atom stereocenters. The summed E-state index contributed by atoms with van der Waals surface area (Å²) in [4.78, 5) is 19.9. The molecule has 0 bridgehead atoms. The molecule has 0 unspecified atom stereocenters. The van der Waals surface area contributed by atoms with Crippen LogP contribution in [0.15, 0.2) is 52.4 Å². The highest BCUT2D eigenvalue weighted by Crippen LogP contribution is 2.22. The van der Waals surface area contributed by atoms with Crippen LogP contribution in [-0.2, 0) is 16.4 Å². The second-order valence-electron chi connectivity index (χ2n) is 6.71. The normalized spacial score (nSPS) is 12.1. The first-order chi connectivity index (χ1) is 14.3. The molecule has 30 heavy (non-hydrogen) atoms. The summed E-state index contributed by atoms with van der Waals surface area (Å²) in [6.45, 7) is 6.16. The molecule has 0 radical (unpaired) electrons. The topological polar surface area (TPSA) is 71.7 Å². The predicted molar refractivity (Wildman–Crippen MR) is 122 cm³/mol. The van der Waals surface area contributed by atoms with Gasteiger partial charge in [-0.05, 0) is 56.3 Å². The van der Waals surface area contributed by atoms with Gasteiger partial charge in [-0.15, -0.1) is 6.42 Å². The number of anilines is 1. The van der Waals surface area contributed by atoms with Crippen molar-refractivity contribution in [2.45, 2.75) is 25.3 Å². The second kappa shape index (κ2) is 8.86. The first-order valence-corrected chi connectivity index (χ1v) is 12.2. The number of sulfone groups is 1. The lowest BCUT2D eigenvalue weighted by Crippen LogP contribution is -2.21. The van der Waals surface area contributed by atoms with Gasteiger partial charge < -0.3 is 9.47 Å². The zero-order valence-electron chi connectivity index (χ0n) is 17.1. The Bertz CT molecular complexity index is 1290. The van der Waals surface area contributed by atoms with Crippen molar-refractivity contribution in [1.29, 1.82) is 0 Å². The summed E-state index contributed by atoms with van der Waals surface area (Å²) in [6.07, 6.45) is 6.66. The van der Waals surface area contributed by atoms with E-state index < -0.39 is 9.84 Å².